The van der Waals surface area contributed by atoms with E-state index in [9.17, 15) is 4.79 Å². The number of aliphatic imine (C=N–C) groups is 1. The molecular weight excluding hydrogens is 238 g/mol. The summed E-state index contributed by atoms with van der Waals surface area (Å²) < 4.78 is 4.07. The number of aryl methyl sites for hydroxylation is 1. The Balaban J connectivity index is 0.00000144. The Hall–Kier alpha value is -1.90. The van der Waals surface area contributed by atoms with Crippen molar-refractivity contribution in [3.8, 4) is 0 Å². The van der Waals surface area contributed by atoms with Crippen molar-refractivity contribution in [3.63, 3.8) is 0 Å². The lowest BCUT2D eigenvalue weighted by Crippen LogP contribution is -3.00. The third-order valence-corrected chi connectivity index (χ3v) is 2.30. The van der Waals surface area contributed by atoms with Gasteiger partial charge in [0.15, 0.2) is 0 Å². The minimum absolute atomic E-state index is 0. The lowest BCUT2D eigenvalue weighted by atomic mass is 10.2. The first-order chi connectivity index (χ1) is 7.78. The van der Waals surface area contributed by atoms with Gasteiger partial charge in [0.1, 0.15) is 18.9 Å². The van der Waals surface area contributed by atoms with E-state index in [1.165, 1.54) is 11.6 Å². The van der Waals surface area contributed by atoms with Gasteiger partial charge >= 0.3 is 0 Å². The number of benzene rings is 1. The molecule has 0 amide bonds. The van der Waals surface area contributed by atoms with Gasteiger partial charge in [-0.3, -0.25) is 0 Å². The predicted molar refractivity (Wildman–Crippen MR) is 58.9 cm³/mol. The maximum Gasteiger partial charge on any atom is 0.243 e. The molecule has 0 atom stereocenters. The van der Waals surface area contributed by atoms with E-state index in [0.717, 1.165) is 6.54 Å². The summed E-state index contributed by atoms with van der Waals surface area (Å²) in [5, 5.41) is 0. The molecule has 0 aliphatic rings. The van der Waals surface area contributed by atoms with Crippen molar-refractivity contribution in [2.75, 3.05) is 0 Å². The van der Waals surface area contributed by atoms with E-state index in [1.807, 2.05) is 54.6 Å². The van der Waals surface area contributed by atoms with E-state index in [0.29, 0.717) is 5.69 Å². The molecule has 0 saturated heterocycles. The number of rotatable bonds is 3. The number of aromatic nitrogens is 2. The van der Waals surface area contributed by atoms with Gasteiger partial charge in [-0.1, -0.05) is 12.1 Å². The highest BCUT2D eigenvalue weighted by Crippen LogP contribution is 2.12. The Labute approximate surface area is 106 Å². The number of isocyanates is 1. The number of halogens is 1. The SMILES string of the molecule is C[n+]1ccn(Cc2ccc(N=C=O)cc2)c1.[Cl-]. The van der Waals surface area contributed by atoms with Crippen molar-refractivity contribution in [2.24, 2.45) is 12.0 Å². The highest BCUT2D eigenvalue weighted by Gasteiger charge is 2.01. The Bertz CT molecular complexity index is 527. The zero-order valence-electron chi connectivity index (χ0n) is 9.38. The van der Waals surface area contributed by atoms with Gasteiger partial charge in [0, 0.05) is 0 Å². The molecule has 2 rings (SSSR count). The molecule has 0 spiro atoms. The molecule has 17 heavy (non-hydrogen) atoms. The van der Waals surface area contributed by atoms with Crippen LogP contribution in [0.1, 0.15) is 5.56 Å². The molecule has 1 heterocycles. The first kappa shape index (κ1) is 13.2. The van der Waals surface area contributed by atoms with Crippen molar-refractivity contribution in [1.29, 1.82) is 0 Å². The first-order valence-corrected chi connectivity index (χ1v) is 4.96. The van der Waals surface area contributed by atoms with Crippen molar-refractivity contribution < 1.29 is 21.8 Å². The van der Waals surface area contributed by atoms with E-state index < -0.39 is 0 Å². The van der Waals surface area contributed by atoms with Gasteiger partial charge in [0.25, 0.3) is 0 Å². The van der Waals surface area contributed by atoms with Crippen LogP contribution in [-0.2, 0) is 18.4 Å². The molecule has 0 N–H and O–H groups in total. The molecule has 88 valence electrons. The largest absolute Gasteiger partial charge is 1.00 e. The molecule has 1 aromatic heterocycles. The standard InChI is InChI=1S/C12H12N3O.ClH/c1-14-6-7-15(10-14)8-11-2-4-12(5-3-11)13-9-16;/h2-7,10H,8H2,1H3;1H/q+1;/p-1. The summed E-state index contributed by atoms with van der Waals surface area (Å²) >= 11 is 0. The first-order valence-electron chi connectivity index (χ1n) is 4.96. The minimum atomic E-state index is 0. The van der Waals surface area contributed by atoms with E-state index >= 15 is 0 Å². The molecule has 0 radical (unpaired) electrons. The van der Waals surface area contributed by atoms with Crippen LogP contribution in [0.5, 0.6) is 0 Å². The predicted octanol–water partition coefficient (Wildman–Crippen LogP) is -1.67. The fourth-order valence-corrected chi connectivity index (χ4v) is 1.53. The molecule has 0 unspecified atom stereocenters. The third-order valence-electron chi connectivity index (χ3n) is 2.30. The topological polar surface area (TPSA) is 38.2 Å². The highest BCUT2D eigenvalue weighted by atomic mass is 35.5. The molecule has 0 aliphatic carbocycles. The summed E-state index contributed by atoms with van der Waals surface area (Å²) in [6.07, 6.45) is 7.54. The highest BCUT2D eigenvalue weighted by molar-refractivity contribution is 5.49. The normalized spacial score (nSPS) is 9.24. The van der Waals surface area contributed by atoms with Gasteiger partial charge in [0.2, 0.25) is 12.4 Å². The van der Waals surface area contributed by atoms with Gasteiger partial charge in [-0.2, -0.15) is 4.99 Å². The van der Waals surface area contributed by atoms with Crippen molar-refractivity contribution in [2.45, 2.75) is 6.54 Å². The quantitative estimate of drug-likeness (QED) is 0.364. The van der Waals surface area contributed by atoms with E-state index in [4.69, 9.17) is 0 Å². The number of carbonyl (C=O) groups excluding carboxylic acids is 1. The van der Waals surface area contributed by atoms with Crippen LogP contribution in [0.4, 0.5) is 5.69 Å². The summed E-state index contributed by atoms with van der Waals surface area (Å²) in [4.78, 5) is 13.6. The van der Waals surface area contributed by atoms with Crippen LogP contribution in [0.25, 0.3) is 0 Å². The van der Waals surface area contributed by atoms with Crippen LogP contribution >= 0.6 is 0 Å². The number of imidazole rings is 1. The molecule has 0 aliphatic heterocycles. The van der Waals surface area contributed by atoms with Crippen LogP contribution in [0.3, 0.4) is 0 Å². The van der Waals surface area contributed by atoms with Crippen LogP contribution in [-0.4, -0.2) is 10.6 Å². The maximum absolute atomic E-state index is 10.1. The van der Waals surface area contributed by atoms with Crippen molar-refractivity contribution in [3.05, 3.63) is 48.5 Å². The third kappa shape index (κ3) is 3.55. The van der Waals surface area contributed by atoms with Gasteiger partial charge in [-0.15, -0.1) is 0 Å². The molecule has 0 saturated carbocycles. The summed E-state index contributed by atoms with van der Waals surface area (Å²) in [6, 6.07) is 7.53. The average molecular weight is 250 g/mol. The zero-order valence-corrected chi connectivity index (χ0v) is 10.1. The number of hydrogen-bond acceptors (Lipinski definition) is 2. The van der Waals surface area contributed by atoms with Gasteiger partial charge < -0.3 is 12.4 Å². The second-order valence-electron chi connectivity index (χ2n) is 3.62. The number of nitrogens with zero attached hydrogens (tertiary/aromatic N) is 3. The van der Waals surface area contributed by atoms with E-state index in [-0.39, 0.29) is 12.4 Å². The van der Waals surface area contributed by atoms with Gasteiger partial charge in [-0.05, 0) is 17.7 Å². The smallest absolute Gasteiger partial charge is 0.243 e. The van der Waals surface area contributed by atoms with Crippen molar-refractivity contribution >= 4 is 11.8 Å². The van der Waals surface area contributed by atoms with Crippen molar-refractivity contribution in [1.82, 2.24) is 4.57 Å². The fraction of sp³-hybridized carbons (Fsp3) is 0.167. The van der Waals surface area contributed by atoms with E-state index in [1.54, 1.807) is 0 Å². The van der Waals surface area contributed by atoms with Gasteiger partial charge in [-0.25, -0.2) is 13.9 Å². The van der Waals surface area contributed by atoms with Gasteiger partial charge in [0.05, 0.1) is 12.7 Å². The van der Waals surface area contributed by atoms with E-state index in [2.05, 4.69) is 9.56 Å². The molecule has 2 aromatic rings. The zero-order chi connectivity index (χ0) is 11.4. The summed E-state index contributed by atoms with van der Waals surface area (Å²) in [5.41, 5.74) is 1.80. The van der Waals surface area contributed by atoms with Crippen LogP contribution < -0.4 is 17.0 Å². The summed E-state index contributed by atoms with van der Waals surface area (Å²) in [7, 11) is 1.98. The Morgan fingerprint density at radius 2 is 2.06 bits per heavy atom. The Kier molecular flexibility index (Phi) is 4.64. The average Bonchev–Trinajstić information content (AvgIpc) is 2.67. The number of hydrogen-bond donors (Lipinski definition) is 0. The molecule has 4 nitrogen and oxygen atoms in total. The Morgan fingerprint density at radius 3 is 2.59 bits per heavy atom. The summed E-state index contributed by atoms with van der Waals surface area (Å²) in [5.74, 6) is 0. The molecule has 1 aromatic carbocycles. The fourth-order valence-electron chi connectivity index (χ4n) is 1.53. The second kappa shape index (κ2) is 5.99. The summed E-state index contributed by atoms with van der Waals surface area (Å²) in [6.45, 7) is 0.811. The molecule has 5 heteroatoms. The maximum atomic E-state index is 10.1. The lowest BCUT2D eigenvalue weighted by molar-refractivity contribution is -0.671. The minimum Gasteiger partial charge on any atom is -1.00 e. The Morgan fingerprint density at radius 1 is 1.35 bits per heavy atom. The van der Waals surface area contributed by atoms with Crippen LogP contribution in [0, 0.1) is 0 Å². The molecular formula is C12H12ClN3O. The lowest BCUT2D eigenvalue weighted by Gasteiger charge is -1.97. The van der Waals surface area contributed by atoms with Crippen LogP contribution in [0.15, 0.2) is 48.0 Å². The van der Waals surface area contributed by atoms with Crippen LogP contribution in [0.2, 0.25) is 0 Å². The molecule has 0 fully saturated rings. The monoisotopic (exact) mass is 249 g/mol. The molecule has 0 bridgehead atoms. The second-order valence-corrected chi connectivity index (χ2v) is 3.62.